The number of morpholine rings is 1. The summed E-state index contributed by atoms with van der Waals surface area (Å²) in [6.45, 7) is 5.15. The van der Waals surface area contributed by atoms with Gasteiger partial charge in [0.15, 0.2) is 5.16 Å². The van der Waals surface area contributed by atoms with Crippen molar-refractivity contribution in [1.82, 2.24) is 19.8 Å². The van der Waals surface area contributed by atoms with E-state index in [4.69, 9.17) is 4.74 Å². The Labute approximate surface area is 210 Å². The van der Waals surface area contributed by atoms with E-state index in [0.29, 0.717) is 18.2 Å². The molecule has 0 bridgehead atoms. The van der Waals surface area contributed by atoms with E-state index in [2.05, 4.69) is 27.3 Å². The standard InChI is InChI=1S/C27H32N4O3S/c32-25(28-13-7-12-22-8-3-1-4-9-22)24-20-29-27(35-19-16-30-14-17-34-18-15-30)31(26(24)33)21-23-10-5-2-6-11-23/h1-6,8-11,20H,7,12-19,21H2,(H,28,32). The van der Waals surface area contributed by atoms with Gasteiger partial charge in [-0.25, -0.2) is 4.98 Å². The summed E-state index contributed by atoms with van der Waals surface area (Å²) in [7, 11) is 0. The maximum absolute atomic E-state index is 13.4. The molecule has 0 saturated carbocycles. The first-order chi connectivity index (χ1) is 17.2. The normalized spacial score (nSPS) is 14.1. The first-order valence-corrected chi connectivity index (χ1v) is 13.1. The lowest BCUT2D eigenvalue weighted by Crippen LogP contribution is -2.38. The molecule has 184 valence electrons. The molecule has 0 aliphatic carbocycles. The predicted octanol–water partition coefficient (Wildman–Crippen LogP) is 3.08. The van der Waals surface area contributed by atoms with Gasteiger partial charge < -0.3 is 10.1 Å². The lowest BCUT2D eigenvalue weighted by atomic mass is 10.1. The van der Waals surface area contributed by atoms with Crippen LogP contribution in [0.15, 0.2) is 76.8 Å². The van der Waals surface area contributed by atoms with Crippen LogP contribution in [0, 0.1) is 0 Å². The molecule has 0 unspecified atom stereocenters. The van der Waals surface area contributed by atoms with Crippen LogP contribution in [0.4, 0.5) is 0 Å². The zero-order chi connectivity index (χ0) is 24.3. The number of aromatic nitrogens is 2. The summed E-state index contributed by atoms with van der Waals surface area (Å²) in [5.74, 6) is 0.439. The van der Waals surface area contributed by atoms with Crippen LogP contribution in [-0.4, -0.2) is 65.5 Å². The van der Waals surface area contributed by atoms with Crippen LogP contribution in [0.5, 0.6) is 0 Å². The number of nitrogens with zero attached hydrogens (tertiary/aromatic N) is 3. The van der Waals surface area contributed by atoms with Gasteiger partial charge in [0.25, 0.3) is 11.5 Å². The Balaban J connectivity index is 1.42. The van der Waals surface area contributed by atoms with E-state index in [1.54, 1.807) is 16.3 Å². The molecule has 1 fully saturated rings. The summed E-state index contributed by atoms with van der Waals surface area (Å²) in [5.41, 5.74) is 2.00. The molecule has 0 spiro atoms. The molecule has 8 heteroatoms. The summed E-state index contributed by atoms with van der Waals surface area (Å²) in [4.78, 5) is 33.1. The second-order valence-corrected chi connectivity index (χ2v) is 9.54. The van der Waals surface area contributed by atoms with Crippen molar-refractivity contribution < 1.29 is 9.53 Å². The van der Waals surface area contributed by atoms with Gasteiger partial charge in [0.05, 0.1) is 19.8 Å². The Hall–Kier alpha value is -2.94. The van der Waals surface area contributed by atoms with Gasteiger partial charge >= 0.3 is 0 Å². The number of aryl methyl sites for hydroxylation is 1. The second-order valence-electron chi connectivity index (χ2n) is 8.48. The minimum atomic E-state index is -0.373. The van der Waals surface area contributed by atoms with Gasteiger partial charge in [-0.1, -0.05) is 72.4 Å². The van der Waals surface area contributed by atoms with Crippen molar-refractivity contribution >= 4 is 17.7 Å². The zero-order valence-electron chi connectivity index (χ0n) is 19.9. The first-order valence-electron chi connectivity index (χ1n) is 12.1. The molecule has 3 aromatic rings. The van der Waals surface area contributed by atoms with Gasteiger partial charge in [0.1, 0.15) is 5.56 Å². The summed E-state index contributed by atoms with van der Waals surface area (Å²) in [5, 5.41) is 3.52. The highest BCUT2D eigenvalue weighted by molar-refractivity contribution is 7.99. The minimum absolute atomic E-state index is 0.0816. The van der Waals surface area contributed by atoms with Gasteiger partial charge in [0, 0.05) is 38.1 Å². The van der Waals surface area contributed by atoms with Crippen molar-refractivity contribution in [2.24, 2.45) is 0 Å². The van der Waals surface area contributed by atoms with Crippen molar-refractivity contribution in [3.8, 4) is 0 Å². The Morgan fingerprint density at radius 3 is 2.40 bits per heavy atom. The number of benzene rings is 2. The molecule has 1 aromatic heterocycles. The van der Waals surface area contributed by atoms with Crippen LogP contribution in [0.3, 0.4) is 0 Å². The maximum Gasteiger partial charge on any atom is 0.267 e. The zero-order valence-corrected chi connectivity index (χ0v) is 20.7. The SMILES string of the molecule is O=C(NCCCc1ccccc1)c1cnc(SCCN2CCOCC2)n(Cc2ccccc2)c1=O. The Kier molecular flexibility index (Phi) is 9.51. The number of carbonyl (C=O) groups is 1. The third-order valence-electron chi connectivity index (χ3n) is 5.95. The smallest absolute Gasteiger partial charge is 0.267 e. The molecule has 1 N–H and O–H groups in total. The number of amides is 1. The number of ether oxygens (including phenoxy) is 1. The molecular formula is C27H32N4O3S. The molecule has 1 aliphatic rings. The van der Waals surface area contributed by atoms with Crippen molar-refractivity contribution in [2.45, 2.75) is 24.5 Å². The molecule has 0 radical (unpaired) electrons. The van der Waals surface area contributed by atoms with Crippen molar-refractivity contribution in [3.63, 3.8) is 0 Å². The first kappa shape index (κ1) is 25.2. The highest BCUT2D eigenvalue weighted by Crippen LogP contribution is 2.16. The molecule has 2 heterocycles. The molecule has 1 aliphatic heterocycles. The number of thioether (sulfide) groups is 1. The molecule has 2 aromatic carbocycles. The molecule has 1 amide bonds. The van der Waals surface area contributed by atoms with E-state index < -0.39 is 0 Å². The van der Waals surface area contributed by atoms with Crippen LogP contribution in [0.2, 0.25) is 0 Å². The van der Waals surface area contributed by atoms with E-state index in [1.165, 1.54) is 11.8 Å². The molecule has 0 atom stereocenters. The number of hydrogen-bond acceptors (Lipinski definition) is 6. The van der Waals surface area contributed by atoms with Gasteiger partial charge in [0.2, 0.25) is 0 Å². The van der Waals surface area contributed by atoms with Crippen LogP contribution in [0.1, 0.15) is 27.9 Å². The average molecular weight is 493 g/mol. The van der Waals surface area contributed by atoms with Crippen molar-refractivity contribution in [1.29, 1.82) is 0 Å². The molecule has 1 saturated heterocycles. The van der Waals surface area contributed by atoms with Gasteiger partial charge in [-0.2, -0.15) is 0 Å². The monoisotopic (exact) mass is 492 g/mol. The lowest BCUT2D eigenvalue weighted by Gasteiger charge is -2.26. The quantitative estimate of drug-likeness (QED) is 0.252. The van der Waals surface area contributed by atoms with Crippen LogP contribution < -0.4 is 10.9 Å². The van der Waals surface area contributed by atoms with Crippen LogP contribution >= 0.6 is 11.8 Å². The minimum Gasteiger partial charge on any atom is -0.379 e. The molecule has 35 heavy (non-hydrogen) atoms. The second kappa shape index (κ2) is 13.2. The molecule has 7 nitrogen and oxygen atoms in total. The fourth-order valence-corrected chi connectivity index (χ4v) is 4.94. The Morgan fingerprint density at radius 1 is 1.00 bits per heavy atom. The van der Waals surface area contributed by atoms with Gasteiger partial charge in [-0.3, -0.25) is 19.1 Å². The fourth-order valence-electron chi connectivity index (χ4n) is 3.98. The summed E-state index contributed by atoms with van der Waals surface area (Å²) in [6.07, 6.45) is 3.10. The maximum atomic E-state index is 13.4. The topological polar surface area (TPSA) is 76.5 Å². The highest BCUT2D eigenvalue weighted by atomic mass is 32.2. The molecule has 4 rings (SSSR count). The Bertz CT molecular complexity index is 1130. The van der Waals surface area contributed by atoms with Crippen molar-refractivity contribution in [3.05, 3.63) is 93.9 Å². The fraction of sp³-hybridized carbons (Fsp3) is 0.370. The largest absolute Gasteiger partial charge is 0.379 e. The van der Waals surface area contributed by atoms with Crippen molar-refractivity contribution in [2.75, 3.05) is 45.1 Å². The summed E-state index contributed by atoms with van der Waals surface area (Å²) >= 11 is 1.55. The number of rotatable bonds is 11. The van der Waals surface area contributed by atoms with Gasteiger partial charge in [-0.05, 0) is 24.0 Å². The van der Waals surface area contributed by atoms with Crippen LogP contribution in [-0.2, 0) is 17.7 Å². The van der Waals surface area contributed by atoms with E-state index >= 15 is 0 Å². The number of nitrogens with one attached hydrogen (secondary N) is 1. The van der Waals surface area contributed by atoms with E-state index in [9.17, 15) is 9.59 Å². The van der Waals surface area contributed by atoms with E-state index in [0.717, 1.165) is 57.0 Å². The third-order valence-corrected chi connectivity index (χ3v) is 6.92. The predicted molar refractivity (Wildman–Crippen MR) is 139 cm³/mol. The van der Waals surface area contributed by atoms with Crippen LogP contribution in [0.25, 0.3) is 0 Å². The summed E-state index contributed by atoms with van der Waals surface area (Å²) in [6, 6.07) is 19.9. The summed E-state index contributed by atoms with van der Waals surface area (Å²) < 4.78 is 7.04. The molecular weight excluding hydrogens is 460 g/mol. The number of hydrogen-bond donors (Lipinski definition) is 1. The lowest BCUT2D eigenvalue weighted by molar-refractivity contribution is 0.0410. The van der Waals surface area contributed by atoms with E-state index in [-0.39, 0.29) is 17.0 Å². The third kappa shape index (κ3) is 7.52. The average Bonchev–Trinajstić information content (AvgIpc) is 2.90. The van der Waals surface area contributed by atoms with E-state index in [1.807, 2.05) is 48.5 Å². The Morgan fingerprint density at radius 2 is 1.69 bits per heavy atom. The number of carbonyl (C=O) groups excluding carboxylic acids is 1. The highest BCUT2D eigenvalue weighted by Gasteiger charge is 2.17. The van der Waals surface area contributed by atoms with Gasteiger partial charge in [-0.15, -0.1) is 0 Å².